The molecule has 1 aliphatic carbocycles. The van der Waals surface area contributed by atoms with Crippen molar-refractivity contribution in [1.82, 2.24) is 14.8 Å². The van der Waals surface area contributed by atoms with Crippen LogP contribution in [0.3, 0.4) is 0 Å². The average Bonchev–Trinajstić information content (AvgIpc) is 3.54. The predicted molar refractivity (Wildman–Crippen MR) is 155 cm³/mol. The van der Waals surface area contributed by atoms with E-state index < -0.39 is 0 Å². The maximum atomic E-state index is 12.9. The fourth-order valence-corrected chi connectivity index (χ4v) is 6.33. The number of aromatic nitrogens is 3. The Balaban J connectivity index is 1.25. The van der Waals surface area contributed by atoms with Crippen LogP contribution in [-0.2, 0) is 24.2 Å². The highest BCUT2D eigenvalue weighted by molar-refractivity contribution is 7.99. The number of anilines is 2. The van der Waals surface area contributed by atoms with Gasteiger partial charge in [0.1, 0.15) is 0 Å². The number of nitrogens with zero attached hydrogens (tertiary/aromatic N) is 3. The van der Waals surface area contributed by atoms with Crippen LogP contribution in [0.25, 0.3) is 11.4 Å². The highest BCUT2D eigenvalue weighted by atomic mass is 32.2. The van der Waals surface area contributed by atoms with Crippen LogP contribution in [0.2, 0.25) is 0 Å². The van der Waals surface area contributed by atoms with E-state index in [2.05, 4.69) is 27.4 Å². The van der Waals surface area contributed by atoms with Crippen molar-refractivity contribution >= 4 is 46.3 Å². The predicted octanol–water partition coefficient (Wildman–Crippen LogP) is 6.36. The van der Waals surface area contributed by atoms with Crippen LogP contribution in [0, 0.1) is 6.92 Å². The first-order chi connectivity index (χ1) is 18.5. The lowest BCUT2D eigenvalue weighted by atomic mass is 9.95. The molecule has 0 saturated carbocycles. The van der Waals surface area contributed by atoms with E-state index in [1.54, 1.807) is 17.4 Å². The third-order valence-electron chi connectivity index (χ3n) is 6.40. The van der Waals surface area contributed by atoms with Gasteiger partial charge in [-0.15, -0.1) is 28.1 Å². The molecule has 9 heteroatoms. The minimum atomic E-state index is -0.111. The summed E-state index contributed by atoms with van der Waals surface area (Å²) in [4.78, 5) is 26.7. The molecule has 1 aliphatic rings. The molecule has 38 heavy (non-hydrogen) atoms. The zero-order chi connectivity index (χ0) is 26.5. The summed E-state index contributed by atoms with van der Waals surface area (Å²) in [6, 6.07) is 15.3. The van der Waals surface area contributed by atoms with Gasteiger partial charge in [-0.05, 0) is 74.6 Å². The highest BCUT2D eigenvalue weighted by Gasteiger charge is 2.20. The van der Waals surface area contributed by atoms with Crippen molar-refractivity contribution in [3.05, 3.63) is 88.1 Å². The largest absolute Gasteiger partial charge is 0.325 e. The zero-order valence-electron chi connectivity index (χ0n) is 21.2. The Labute approximate surface area is 230 Å². The number of carbonyl (C=O) groups is 2. The molecule has 2 N–H and O–H groups in total. The molecule has 0 spiro atoms. The van der Waals surface area contributed by atoms with Gasteiger partial charge in [0.2, 0.25) is 5.91 Å². The number of fused-ring (bicyclic) bond motifs is 1. The van der Waals surface area contributed by atoms with E-state index in [0.29, 0.717) is 17.5 Å². The Hall–Kier alpha value is -3.69. The molecule has 0 saturated heterocycles. The maximum absolute atomic E-state index is 12.9. The number of allylic oxidation sites excluding steroid dienone is 1. The van der Waals surface area contributed by atoms with Crippen molar-refractivity contribution in [3.63, 3.8) is 0 Å². The van der Waals surface area contributed by atoms with Crippen molar-refractivity contribution < 1.29 is 9.59 Å². The van der Waals surface area contributed by atoms with Gasteiger partial charge in [-0.2, -0.15) is 0 Å². The smallest absolute Gasteiger partial charge is 0.256 e. The third kappa shape index (κ3) is 5.89. The van der Waals surface area contributed by atoms with E-state index in [1.165, 1.54) is 28.6 Å². The standard InChI is InChI=1S/C29H29N5O2S2/c1-3-16-34-27(32-33-29(34)38-18-26(35)30-21-12-8-19(2)9-13-21)20-10-14-22(15-11-20)31-28(36)24-17-37-25-7-5-4-6-23(24)25/h3,8-15,17H,1,4-7,16,18H2,2H3,(H,30,35)(H,31,36). The quantitative estimate of drug-likeness (QED) is 0.189. The van der Waals surface area contributed by atoms with Crippen LogP contribution in [0.4, 0.5) is 11.4 Å². The Kier molecular flexibility index (Phi) is 8.05. The Bertz CT molecular complexity index is 1460. The molecule has 2 heterocycles. The Morgan fingerprint density at radius 2 is 1.74 bits per heavy atom. The first-order valence-electron chi connectivity index (χ1n) is 12.6. The van der Waals surface area contributed by atoms with Crippen molar-refractivity contribution in [2.24, 2.45) is 0 Å². The van der Waals surface area contributed by atoms with Crippen LogP contribution < -0.4 is 10.6 Å². The lowest BCUT2D eigenvalue weighted by Gasteiger charge is -2.13. The van der Waals surface area contributed by atoms with Gasteiger partial charge >= 0.3 is 0 Å². The van der Waals surface area contributed by atoms with Gasteiger partial charge in [0, 0.05) is 33.7 Å². The molecule has 4 aromatic rings. The number of amides is 2. The second-order valence-corrected chi connectivity index (χ2v) is 11.1. The van der Waals surface area contributed by atoms with Crippen molar-refractivity contribution in [2.45, 2.75) is 44.3 Å². The van der Waals surface area contributed by atoms with Crippen LogP contribution in [-0.4, -0.2) is 32.3 Å². The SMILES string of the molecule is C=CCn1c(SCC(=O)Nc2ccc(C)cc2)nnc1-c1ccc(NC(=O)c2csc3c2CCCC3)cc1. The van der Waals surface area contributed by atoms with Crippen LogP contribution in [0.5, 0.6) is 0 Å². The van der Waals surface area contributed by atoms with E-state index in [9.17, 15) is 9.59 Å². The monoisotopic (exact) mass is 543 g/mol. The number of rotatable bonds is 9. The highest BCUT2D eigenvalue weighted by Crippen LogP contribution is 2.31. The minimum absolute atomic E-state index is 0.0606. The summed E-state index contributed by atoms with van der Waals surface area (Å²) in [7, 11) is 0. The maximum Gasteiger partial charge on any atom is 0.256 e. The van der Waals surface area contributed by atoms with Crippen molar-refractivity contribution in [1.29, 1.82) is 0 Å². The van der Waals surface area contributed by atoms with Crippen LogP contribution in [0.15, 0.2) is 71.7 Å². The summed E-state index contributed by atoms with van der Waals surface area (Å²) in [5, 5.41) is 17.3. The molecule has 0 aliphatic heterocycles. The second-order valence-electron chi connectivity index (χ2n) is 9.20. The first kappa shape index (κ1) is 25.9. The van der Waals surface area contributed by atoms with Gasteiger partial charge in [-0.25, -0.2) is 0 Å². The number of nitrogens with one attached hydrogen (secondary N) is 2. The van der Waals surface area contributed by atoms with E-state index in [4.69, 9.17) is 0 Å². The molecule has 194 valence electrons. The fraction of sp³-hybridized carbons (Fsp3) is 0.241. The number of hydrogen-bond donors (Lipinski definition) is 2. The molecule has 0 radical (unpaired) electrons. The summed E-state index contributed by atoms with van der Waals surface area (Å²) < 4.78 is 1.93. The van der Waals surface area contributed by atoms with Crippen LogP contribution >= 0.6 is 23.1 Å². The van der Waals surface area contributed by atoms with Gasteiger partial charge in [0.15, 0.2) is 11.0 Å². The molecule has 2 aromatic carbocycles. The summed E-state index contributed by atoms with van der Waals surface area (Å²) in [5.41, 5.74) is 5.50. The molecule has 0 bridgehead atoms. The Morgan fingerprint density at radius 1 is 1.03 bits per heavy atom. The molecule has 7 nitrogen and oxygen atoms in total. The second kappa shape index (κ2) is 11.8. The summed E-state index contributed by atoms with van der Waals surface area (Å²) in [6.45, 7) is 6.37. The van der Waals surface area contributed by atoms with E-state index in [1.807, 2.05) is 65.4 Å². The lowest BCUT2D eigenvalue weighted by molar-refractivity contribution is -0.113. The van der Waals surface area contributed by atoms with Gasteiger partial charge in [0.05, 0.1) is 11.3 Å². The van der Waals surface area contributed by atoms with E-state index >= 15 is 0 Å². The fourth-order valence-electron chi connectivity index (χ4n) is 4.45. The average molecular weight is 544 g/mol. The molecule has 2 amide bonds. The number of aryl methyl sites for hydroxylation is 2. The first-order valence-corrected chi connectivity index (χ1v) is 14.4. The minimum Gasteiger partial charge on any atom is -0.325 e. The van der Waals surface area contributed by atoms with E-state index in [0.717, 1.165) is 47.3 Å². The number of hydrogen-bond acceptors (Lipinski definition) is 6. The van der Waals surface area contributed by atoms with Gasteiger partial charge < -0.3 is 10.6 Å². The van der Waals surface area contributed by atoms with Gasteiger partial charge in [0.25, 0.3) is 5.91 Å². The molecule has 0 unspecified atom stereocenters. The molecule has 0 fully saturated rings. The van der Waals surface area contributed by atoms with Gasteiger partial charge in [-0.1, -0.05) is 35.5 Å². The zero-order valence-corrected chi connectivity index (χ0v) is 22.8. The third-order valence-corrected chi connectivity index (χ3v) is 8.46. The topological polar surface area (TPSA) is 88.9 Å². The number of carbonyl (C=O) groups excluding carboxylic acids is 2. The van der Waals surface area contributed by atoms with E-state index in [-0.39, 0.29) is 17.6 Å². The molecule has 0 atom stereocenters. The summed E-state index contributed by atoms with van der Waals surface area (Å²) in [6.07, 6.45) is 6.17. The van der Waals surface area contributed by atoms with Crippen LogP contribution in [0.1, 0.15) is 39.2 Å². The normalized spacial score (nSPS) is 12.6. The lowest BCUT2D eigenvalue weighted by Crippen LogP contribution is -2.14. The molecular formula is C29H29N5O2S2. The summed E-state index contributed by atoms with van der Waals surface area (Å²) in [5.74, 6) is 0.715. The Morgan fingerprint density at radius 3 is 2.50 bits per heavy atom. The summed E-state index contributed by atoms with van der Waals surface area (Å²) >= 11 is 3.02. The number of benzene rings is 2. The molecule has 2 aromatic heterocycles. The molecular weight excluding hydrogens is 514 g/mol. The number of thioether (sulfide) groups is 1. The van der Waals surface area contributed by atoms with Crippen molar-refractivity contribution in [3.8, 4) is 11.4 Å². The van der Waals surface area contributed by atoms with Gasteiger partial charge in [-0.3, -0.25) is 14.2 Å². The molecule has 5 rings (SSSR count). The van der Waals surface area contributed by atoms with Crippen molar-refractivity contribution in [2.75, 3.05) is 16.4 Å². The number of thiophene rings is 1.